The summed E-state index contributed by atoms with van der Waals surface area (Å²) in [4.78, 5) is 35.7. The van der Waals surface area contributed by atoms with Gasteiger partial charge in [-0.1, -0.05) is 0 Å². The summed E-state index contributed by atoms with van der Waals surface area (Å²) in [5, 5.41) is 11.7. The van der Waals surface area contributed by atoms with Crippen LogP contribution < -0.4 is 5.32 Å². The molecule has 0 aromatic carbocycles. The van der Waals surface area contributed by atoms with E-state index in [0.717, 1.165) is 32.5 Å². The van der Waals surface area contributed by atoms with Crippen molar-refractivity contribution in [3.63, 3.8) is 0 Å². The molecule has 1 unspecified atom stereocenters. The Bertz CT molecular complexity index is 393. The van der Waals surface area contributed by atoms with Crippen LogP contribution in [0.15, 0.2) is 0 Å². The number of rotatable bonds is 8. The zero-order chi connectivity index (χ0) is 16.5. The van der Waals surface area contributed by atoms with Gasteiger partial charge in [-0.05, 0) is 32.1 Å². The minimum atomic E-state index is -1.04. The van der Waals surface area contributed by atoms with Crippen LogP contribution in [0, 0.1) is 5.92 Å². The van der Waals surface area contributed by atoms with Crippen molar-refractivity contribution in [2.24, 2.45) is 5.92 Å². The van der Waals surface area contributed by atoms with Gasteiger partial charge < -0.3 is 20.1 Å². The Balaban J connectivity index is 2.50. The first-order chi connectivity index (χ1) is 10.4. The van der Waals surface area contributed by atoms with E-state index in [2.05, 4.69) is 5.32 Å². The molecule has 1 aliphatic heterocycles. The van der Waals surface area contributed by atoms with E-state index in [1.807, 2.05) is 0 Å². The van der Waals surface area contributed by atoms with E-state index < -0.39 is 12.0 Å². The smallest absolute Gasteiger partial charge is 0.326 e. The zero-order valence-corrected chi connectivity index (χ0v) is 13.3. The first-order valence-corrected chi connectivity index (χ1v) is 7.76. The quantitative estimate of drug-likeness (QED) is 0.685. The first-order valence-electron chi connectivity index (χ1n) is 7.76. The lowest BCUT2D eigenvalue weighted by molar-refractivity contribution is -0.149. The third kappa shape index (κ3) is 6.43. The third-order valence-corrected chi connectivity index (χ3v) is 3.98. The molecule has 0 aliphatic carbocycles. The Hall–Kier alpha value is -1.63. The van der Waals surface area contributed by atoms with Gasteiger partial charge >= 0.3 is 5.97 Å². The van der Waals surface area contributed by atoms with Crippen molar-refractivity contribution < 1.29 is 24.2 Å². The van der Waals surface area contributed by atoms with E-state index >= 15 is 0 Å². The standard InChI is InChI=1S/C15H26N2O5/c1-11(15(20)21)17(8-7-16-12(2)18)14(19)4-3-13-5-9-22-10-6-13/h11,13H,3-10H2,1-2H3,(H,16,18)(H,20,21). The van der Waals surface area contributed by atoms with Crippen LogP contribution in [0.3, 0.4) is 0 Å². The summed E-state index contributed by atoms with van der Waals surface area (Å²) in [7, 11) is 0. The number of carboxylic acid groups (broad SMARTS) is 1. The van der Waals surface area contributed by atoms with E-state index in [0.29, 0.717) is 12.3 Å². The maximum Gasteiger partial charge on any atom is 0.326 e. The maximum absolute atomic E-state index is 12.3. The summed E-state index contributed by atoms with van der Waals surface area (Å²) in [6, 6.07) is -0.893. The second-order valence-corrected chi connectivity index (χ2v) is 5.68. The molecule has 1 aliphatic rings. The molecule has 1 saturated heterocycles. The Morgan fingerprint density at radius 3 is 2.50 bits per heavy atom. The van der Waals surface area contributed by atoms with Gasteiger partial charge in [0.1, 0.15) is 6.04 Å². The molecule has 126 valence electrons. The molecule has 0 radical (unpaired) electrons. The van der Waals surface area contributed by atoms with E-state index in [-0.39, 0.29) is 24.9 Å². The van der Waals surface area contributed by atoms with Crippen molar-refractivity contribution in [3.8, 4) is 0 Å². The molecule has 0 bridgehead atoms. The molecule has 2 N–H and O–H groups in total. The van der Waals surface area contributed by atoms with Gasteiger partial charge in [0, 0.05) is 39.6 Å². The Morgan fingerprint density at radius 2 is 1.95 bits per heavy atom. The molecule has 1 fully saturated rings. The molecular formula is C15H26N2O5. The lowest BCUT2D eigenvalue weighted by Crippen LogP contribution is -2.46. The summed E-state index contributed by atoms with van der Waals surface area (Å²) in [6.45, 7) is 4.81. The monoisotopic (exact) mass is 314 g/mol. The number of carbonyl (C=O) groups excluding carboxylic acids is 2. The minimum absolute atomic E-state index is 0.174. The Labute approximate surface area is 131 Å². The SMILES string of the molecule is CC(=O)NCCN(C(=O)CCC1CCOCC1)C(C)C(=O)O. The van der Waals surface area contributed by atoms with Crippen LogP contribution in [0.25, 0.3) is 0 Å². The largest absolute Gasteiger partial charge is 0.480 e. The second-order valence-electron chi connectivity index (χ2n) is 5.68. The number of hydrogen-bond donors (Lipinski definition) is 2. The van der Waals surface area contributed by atoms with Crippen LogP contribution in [0.2, 0.25) is 0 Å². The van der Waals surface area contributed by atoms with E-state index in [1.165, 1.54) is 18.7 Å². The molecule has 1 rings (SSSR count). The predicted molar refractivity (Wildman–Crippen MR) is 80.3 cm³/mol. The maximum atomic E-state index is 12.3. The summed E-state index contributed by atoms with van der Waals surface area (Å²) in [5.74, 6) is -0.943. The van der Waals surface area contributed by atoms with Crippen molar-refractivity contribution >= 4 is 17.8 Å². The number of ether oxygens (including phenoxy) is 1. The Kier molecular flexibility index (Phi) is 7.87. The predicted octanol–water partition coefficient (Wildman–Crippen LogP) is 0.631. The van der Waals surface area contributed by atoms with Crippen LogP contribution in [-0.2, 0) is 19.1 Å². The molecule has 1 heterocycles. The second kappa shape index (κ2) is 9.40. The van der Waals surface area contributed by atoms with Crippen molar-refractivity contribution in [2.75, 3.05) is 26.3 Å². The van der Waals surface area contributed by atoms with E-state index in [4.69, 9.17) is 9.84 Å². The number of nitrogens with one attached hydrogen (secondary N) is 1. The van der Waals surface area contributed by atoms with Gasteiger partial charge in [0.25, 0.3) is 0 Å². The molecule has 0 aromatic heterocycles. The molecule has 0 spiro atoms. The van der Waals surface area contributed by atoms with Crippen LogP contribution in [0.4, 0.5) is 0 Å². The van der Waals surface area contributed by atoms with Gasteiger partial charge in [-0.25, -0.2) is 4.79 Å². The molecule has 7 nitrogen and oxygen atoms in total. The fraction of sp³-hybridized carbons (Fsp3) is 0.800. The van der Waals surface area contributed by atoms with Crippen molar-refractivity contribution in [1.82, 2.24) is 10.2 Å². The van der Waals surface area contributed by atoms with Crippen LogP contribution in [0.5, 0.6) is 0 Å². The van der Waals surface area contributed by atoms with E-state index in [1.54, 1.807) is 0 Å². The fourth-order valence-electron chi connectivity index (χ4n) is 2.53. The summed E-state index contributed by atoms with van der Waals surface area (Å²) in [6.07, 6.45) is 2.99. The van der Waals surface area contributed by atoms with Gasteiger partial charge in [0.05, 0.1) is 0 Å². The number of aliphatic carboxylic acids is 1. The normalized spacial score (nSPS) is 16.8. The zero-order valence-electron chi connectivity index (χ0n) is 13.3. The van der Waals surface area contributed by atoms with Gasteiger partial charge in [0.2, 0.25) is 11.8 Å². The number of carbonyl (C=O) groups is 3. The lowest BCUT2D eigenvalue weighted by atomic mass is 9.94. The number of amides is 2. The molecule has 1 atom stereocenters. The molecule has 2 amide bonds. The molecule has 7 heteroatoms. The molecular weight excluding hydrogens is 288 g/mol. The average molecular weight is 314 g/mol. The van der Waals surface area contributed by atoms with Gasteiger partial charge in [0.15, 0.2) is 0 Å². The summed E-state index contributed by atoms with van der Waals surface area (Å²) < 4.78 is 5.29. The Morgan fingerprint density at radius 1 is 1.32 bits per heavy atom. The highest BCUT2D eigenvalue weighted by molar-refractivity contribution is 5.83. The number of hydrogen-bond acceptors (Lipinski definition) is 4. The summed E-state index contributed by atoms with van der Waals surface area (Å²) in [5.41, 5.74) is 0. The average Bonchev–Trinajstić information content (AvgIpc) is 2.49. The van der Waals surface area contributed by atoms with Crippen molar-refractivity contribution in [2.45, 2.75) is 45.6 Å². The molecule has 22 heavy (non-hydrogen) atoms. The first kappa shape index (κ1) is 18.4. The van der Waals surface area contributed by atoms with Crippen LogP contribution in [0.1, 0.15) is 39.5 Å². The minimum Gasteiger partial charge on any atom is -0.480 e. The summed E-state index contributed by atoms with van der Waals surface area (Å²) >= 11 is 0. The highest BCUT2D eigenvalue weighted by Gasteiger charge is 2.26. The number of nitrogens with zero attached hydrogens (tertiary/aromatic N) is 1. The van der Waals surface area contributed by atoms with Crippen molar-refractivity contribution in [1.29, 1.82) is 0 Å². The van der Waals surface area contributed by atoms with Crippen LogP contribution in [-0.4, -0.2) is 60.1 Å². The van der Waals surface area contributed by atoms with Gasteiger partial charge in [-0.2, -0.15) is 0 Å². The lowest BCUT2D eigenvalue weighted by Gasteiger charge is -2.28. The molecule has 0 aromatic rings. The molecule has 0 saturated carbocycles. The number of carboxylic acids is 1. The van der Waals surface area contributed by atoms with Gasteiger partial charge in [-0.15, -0.1) is 0 Å². The van der Waals surface area contributed by atoms with Gasteiger partial charge in [-0.3, -0.25) is 9.59 Å². The fourth-order valence-corrected chi connectivity index (χ4v) is 2.53. The van der Waals surface area contributed by atoms with Crippen LogP contribution >= 0.6 is 0 Å². The third-order valence-electron chi connectivity index (χ3n) is 3.98. The topological polar surface area (TPSA) is 95.9 Å². The van der Waals surface area contributed by atoms with E-state index in [9.17, 15) is 14.4 Å². The highest BCUT2D eigenvalue weighted by Crippen LogP contribution is 2.20. The van der Waals surface area contributed by atoms with Crippen molar-refractivity contribution in [3.05, 3.63) is 0 Å². The highest BCUT2D eigenvalue weighted by atomic mass is 16.5.